The van der Waals surface area contributed by atoms with Crippen LogP contribution in [0.3, 0.4) is 0 Å². The minimum atomic E-state index is -0.884. The average Bonchev–Trinajstić information content (AvgIpc) is 2.28. The fraction of sp³-hybridized carbons (Fsp3) is 0.455. The van der Waals surface area contributed by atoms with Crippen LogP contribution in [0.15, 0.2) is 28.1 Å². The Hall–Kier alpha value is -0.950. The Bertz CT molecular complexity index is 516. The van der Waals surface area contributed by atoms with E-state index in [0.29, 0.717) is 22.5 Å². The zero-order valence-corrected chi connectivity index (χ0v) is 12.8. The van der Waals surface area contributed by atoms with Gasteiger partial charge >= 0.3 is 0 Å². The third-order valence-corrected chi connectivity index (χ3v) is 3.91. The Morgan fingerprint density at radius 2 is 2.39 bits per heavy atom. The highest BCUT2D eigenvalue weighted by atomic mass is 79.9. The minimum absolute atomic E-state index is 0.00332. The number of rotatable bonds is 6. The number of anilines is 1. The molecular formula is C11H16BrN3O2S. The molecule has 0 saturated carbocycles. The van der Waals surface area contributed by atoms with Gasteiger partial charge in [-0.1, -0.05) is 6.08 Å². The van der Waals surface area contributed by atoms with Crippen LogP contribution in [0.25, 0.3) is 0 Å². The van der Waals surface area contributed by atoms with E-state index < -0.39 is 10.8 Å². The number of hydrogen-bond acceptors (Lipinski definition) is 4. The molecule has 0 saturated heterocycles. The average molecular weight is 334 g/mol. The standard InChI is InChI=1S/C11H16BrN3O2S/c1-4-5-15-11(16)10(12)9(6-13-15)14-8(2)7-18(3)17/h4,6,8,14H,1,5,7H2,2-3H3. The van der Waals surface area contributed by atoms with Gasteiger partial charge in [0.25, 0.3) is 5.56 Å². The lowest BCUT2D eigenvalue weighted by atomic mass is 10.3. The van der Waals surface area contributed by atoms with Gasteiger partial charge in [0.1, 0.15) is 4.47 Å². The fourth-order valence-corrected chi connectivity index (χ4v) is 2.69. The second-order valence-electron chi connectivity index (χ2n) is 3.93. The summed E-state index contributed by atoms with van der Waals surface area (Å²) in [4.78, 5) is 11.9. The molecule has 0 fully saturated rings. The van der Waals surface area contributed by atoms with Gasteiger partial charge in [-0.05, 0) is 22.9 Å². The van der Waals surface area contributed by atoms with E-state index >= 15 is 0 Å². The summed E-state index contributed by atoms with van der Waals surface area (Å²) in [6, 6.07) is 0.00332. The number of hydrogen-bond donors (Lipinski definition) is 1. The molecule has 1 heterocycles. The van der Waals surface area contributed by atoms with Crippen LogP contribution in [-0.4, -0.2) is 32.0 Å². The Labute approximate surface area is 117 Å². The molecule has 0 bridgehead atoms. The normalized spacial score (nSPS) is 13.9. The van der Waals surface area contributed by atoms with Gasteiger partial charge in [-0.2, -0.15) is 5.10 Å². The van der Waals surface area contributed by atoms with E-state index in [9.17, 15) is 9.00 Å². The fourth-order valence-electron chi connectivity index (χ4n) is 1.48. The molecule has 5 nitrogen and oxygen atoms in total. The van der Waals surface area contributed by atoms with E-state index in [1.807, 2.05) is 6.92 Å². The van der Waals surface area contributed by atoms with Crippen LogP contribution in [0.1, 0.15) is 6.92 Å². The molecule has 18 heavy (non-hydrogen) atoms. The maximum absolute atomic E-state index is 11.9. The van der Waals surface area contributed by atoms with E-state index in [2.05, 4.69) is 32.9 Å². The van der Waals surface area contributed by atoms with Gasteiger partial charge in [0.15, 0.2) is 0 Å². The summed E-state index contributed by atoms with van der Waals surface area (Å²) >= 11 is 3.25. The number of nitrogens with zero attached hydrogens (tertiary/aromatic N) is 2. The summed E-state index contributed by atoms with van der Waals surface area (Å²) in [5, 5.41) is 7.14. The molecule has 2 unspecified atom stereocenters. The van der Waals surface area contributed by atoms with Crippen LogP contribution in [0.4, 0.5) is 5.69 Å². The van der Waals surface area contributed by atoms with Gasteiger partial charge in [-0.3, -0.25) is 9.00 Å². The van der Waals surface area contributed by atoms with E-state index in [0.717, 1.165) is 0 Å². The zero-order chi connectivity index (χ0) is 13.7. The summed E-state index contributed by atoms with van der Waals surface area (Å²) in [5.74, 6) is 0.516. The first-order valence-corrected chi connectivity index (χ1v) is 7.90. The number of nitrogens with one attached hydrogen (secondary N) is 1. The highest BCUT2D eigenvalue weighted by Crippen LogP contribution is 2.17. The first-order chi connectivity index (χ1) is 8.45. The predicted molar refractivity (Wildman–Crippen MR) is 78.4 cm³/mol. The van der Waals surface area contributed by atoms with Crippen molar-refractivity contribution in [1.29, 1.82) is 0 Å². The third-order valence-electron chi connectivity index (χ3n) is 2.17. The van der Waals surface area contributed by atoms with E-state index in [-0.39, 0.29) is 11.6 Å². The first kappa shape index (κ1) is 15.1. The largest absolute Gasteiger partial charge is 0.379 e. The van der Waals surface area contributed by atoms with Crippen LogP contribution in [0.2, 0.25) is 0 Å². The topological polar surface area (TPSA) is 64.0 Å². The van der Waals surface area contributed by atoms with Gasteiger partial charge in [0, 0.05) is 28.9 Å². The minimum Gasteiger partial charge on any atom is -0.379 e. The highest BCUT2D eigenvalue weighted by Gasteiger charge is 2.11. The monoisotopic (exact) mass is 333 g/mol. The smallest absolute Gasteiger partial charge is 0.283 e. The summed E-state index contributed by atoms with van der Waals surface area (Å²) < 4.78 is 12.8. The number of aromatic nitrogens is 2. The van der Waals surface area contributed by atoms with Crippen molar-refractivity contribution < 1.29 is 4.21 Å². The predicted octanol–water partition coefficient (Wildman–Crippen LogP) is 1.37. The molecule has 1 aromatic rings. The molecule has 0 aliphatic rings. The van der Waals surface area contributed by atoms with Gasteiger partial charge in [-0.25, -0.2) is 4.68 Å². The van der Waals surface area contributed by atoms with E-state index in [1.54, 1.807) is 18.5 Å². The Balaban J connectivity index is 2.91. The summed E-state index contributed by atoms with van der Waals surface area (Å²) in [6.07, 6.45) is 4.83. The number of halogens is 1. The molecule has 0 aromatic carbocycles. The van der Waals surface area contributed by atoms with Gasteiger partial charge < -0.3 is 5.32 Å². The van der Waals surface area contributed by atoms with Crippen LogP contribution in [-0.2, 0) is 17.3 Å². The lowest BCUT2D eigenvalue weighted by Crippen LogP contribution is -2.27. The summed E-state index contributed by atoms with van der Waals surface area (Å²) in [6.45, 7) is 5.84. The zero-order valence-electron chi connectivity index (χ0n) is 10.4. The van der Waals surface area contributed by atoms with Crippen molar-refractivity contribution in [2.75, 3.05) is 17.3 Å². The second-order valence-corrected chi connectivity index (χ2v) is 6.21. The SMILES string of the molecule is C=CCn1ncc(NC(C)CS(C)=O)c(Br)c1=O. The lowest BCUT2D eigenvalue weighted by molar-refractivity contribution is 0.647. The quantitative estimate of drug-likeness (QED) is 0.798. The third kappa shape index (κ3) is 4.06. The summed E-state index contributed by atoms with van der Waals surface area (Å²) in [7, 11) is -0.884. The molecule has 2 atom stereocenters. The molecule has 7 heteroatoms. The van der Waals surface area contributed by atoms with Gasteiger partial charge in [0.2, 0.25) is 0 Å². The van der Waals surface area contributed by atoms with E-state index in [4.69, 9.17) is 0 Å². The van der Waals surface area contributed by atoms with Crippen molar-refractivity contribution in [1.82, 2.24) is 9.78 Å². The summed E-state index contributed by atoms with van der Waals surface area (Å²) in [5.41, 5.74) is 0.392. The Kier molecular flexibility index (Phi) is 5.74. The van der Waals surface area contributed by atoms with Crippen molar-refractivity contribution in [3.05, 3.63) is 33.7 Å². The number of allylic oxidation sites excluding steroid dienone is 1. The molecule has 0 aliphatic heterocycles. The van der Waals surface area contributed by atoms with Gasteiger partial charge in [0.05, 0.1) is 18.4 Å². The van der Waals surface area contributed by atoms with Crippen LogP contribution in [0, 0.1) is 0 Å². The second kappa shape index (κ2) is 6.84. The molecule has 100 valence electrons. The highest BCUT2D eigenvalue weighted by molar-refractivity contribution is 9.10. The maximum Gasteiger partial charge on any atom is 0.283 e. The van der Waals surface area contributed by atoms with Crippen molar-refractivity contribution >= 4 is 32.4 Å². The van der Waals surface area contributed by atoms with Crippen LogP contribution < -0.4 is 10.9 Å². The Morgan fingerprint density at radius 3 is 2.94 bits per heavy atom. The molecule has 0 amide bonds. The van der Waals surface area contributed by atoms with Crippen molar-refractivity contribution in [3.8, 4) is 0 Å². The molecule has 1 rings (SSSR count). The van der Waals surface area contributed by atoms with Crippen molar-refractivity contribution in [2.45, 2.75) is 19.5 Å². The molecule has 0 spiro atoms. The molecule has 1 N–H and O–H groups in total. The Morgan fingerprint density at radius 1 is 1.72 bits per heavy atom. The van der Waals surface area contributed by atoms with Crippen molar-refractivity contribution in [2.24, 2.45) is 0 Å². The maximum atomic E-state index is 11.9. The molecule has 0 aliphatic carbocycles. The van der Waals surface area contributed by atoms with E-state index in [1.165, 1.54) is 4.68 Å². The van der Waals surface area contributed by atoms with Crippen LogP contribution in [0.5, 0.6) is 0 Å². The molecular weight excluding hydrogens is 318 g/mol. The first-order valence-electron chi connectivity index (χ1n) is 5.38. The lowest BCUT2D eigenvalue weighted by Gasteiger charge is -2.15. The van der Waals surface area contributed by atoms with Crippen LogP contribution >= 0.6 is 15.9 Å². The molecule has 1 aromatic heterocycles. The molecule has 0 radical (unpaired) electrons. The van der Waals surface area contributed by atoms with Crippen molar-refractivity contribution in [3.63, 3.8) is 0 Å². The van der Waals surface area contributed by atoms with Gasteiger partial charge in [-0.15, -0.1) is 6.58 Å².